The maximum atomic E-state index is 13.0. The number of carbonyl (C=O) groups is 1. The van der Waals surface area contributed by atoms with E-state index in [9.17, 15) is 9.90 Å². The fourth-order valence-corrected chi connectivity index (χ4v) is 5.42. The first-order chi connectivity index (χ1) is 16.6. The van der Waals surface area contributed by atoms with Crippen molar-refractivity contribution in [2.75, 3.05) is 7.11 Å². The van der Waals surface area contributed by atoms with Gasteiger partial charge in [0, 0.05) is 12.5 Å². The van der Waals surface area contributed by atoms with Crippen molar-refractivity contribution in [3.05, 3.63) is 41.5 Å². The Morgan fingerprint density at radius 2 is 1.81 bits per heavy atom. The van der Waals surface area contributed by atoms with E-state index in [-0.39, 0.29) is 34.7 Å². The normalized spacial score (nSPS) is 28.9. The van der Waals surface area contributed by atoms with Gasteiger partial charge < -0.3 is 28.5 Å². The average molecular weight is 519 g/mol. The molecule has 2 heterocycles. The number of aromatic hydroxyl groups is 1. The van der Waals surface area contributed by atoms with Crippen molar-refractivity contribution in [3.8, 4) is 11.5 Å². The van der Waals surface area contributed by atoms with E-state index in [0.29, 0.717) is 24.2 Å². The molecule has 1 fully saturated rings. The molecule has 0 amide bonds. The maximum Gasteiger partial charge on any atom is 0.342 e. The van der Waals surface area contributed by atoms with E-state index in [2.05, 4.69) is 33.9 Å². The van der Waals surface area contributed by atoms with Crippen LogP contribution in [0.15, 0.2) is 30.4 Å². The predicted octanol–water partition coefficient (Wildman–Crippen LogP) is 6.22. The van der Waals surface area contributed by atoms with Crippen molar-refractivity contribution >= 4 is 20.4 Å². The van der Waals surface area contributed by atoms with Gasteiger partial charge in [-0.1, -0.05) is 45.1 Å². The zero-order chi connectivity index (χ0) is 26.9. The lowest BCUT2D eigenvalue weighted by atomic mass is 10.0. The van der Waals surface area contributed by atoms with Gasteiger partial charge in [0.1, 0.15) is 29.3 Å². The summed E-state index contributed by atoms with van der Waals surface area (Å²) in [5.41, 5.74) is 0.625. The molecule has 1 aromatic carbocycles. The Morgan fingerprint density at radius 1 is 1.11 bits per heavy atom. The largest absolute Gasteiger partial charge is 0.507 e. The number of methoxy groups -OCH3 is 1. The molecule has 1 aromatic rings. The summed E-state index contributed by atoms with van der Waals surface area (Å²) in [5.74, 6) is -1.08. The Balaban J connectivity index is 2.03. The monoisotopic (exact) mass is 518 g/mol. The minimum absolute atomic E-state index is 0.0257. The molecule has 8 heteroatoms. The number of fused-ring (bicyclic) bond motifs is 2. The van der Waals surface area contributed by atoms with Gasteiger partial charge in [0.15, 0.2) is 14.1 Å². The molecule has 200 valence electrons. The van der Waals surface area contributed by atoms with E-state index in [1.165, 1.54) is 13.2 Å². The maximum absolute atomic E-state index is 13.0. The highest BCUT2D eigenvalue weighted by Gasteiger charge is 2.47. The van der Waals surface area contributed by atoms with Crippen LogP contribution < -0.4 is 4.74 Å². The lowest BCUT2D eigenvalue weighted by molar-refractivity contribution is -0.151. The molecule has 0 bridgehead atoms. The summed E-state index contributed by atoms with van der Waals surface area (Å²) in [6, 6.07) is 3.12. The second-order valence-corrected chi connectivity index (χ2v) is 16.4. The molecule has 0 aliphatic carbocycles. The summed E-state index contributed by atoms with van der Waals surface area (Å²) >= 11 is 0. The number of phenolic OH excluding ortho intramolecular Hbond substituents is 1. The zero-order valence-corrected chi connectivity index (χ0v) is 24.1. The number of cyclic esters (lactones) is 1. The molecule has 0 saturated carbocycles. The van der Waals surface area contributed by atoms with Gasteiger partial charge in [-0.15, -0.1) is 0 Å². The number of rotatable bonds is 3. The number of carbonyl (C=O) groups excluding carboxylic acids is 1. The van der Waals surface area contributed by atoms with E-state index >= 15 is 0 Å². The van der Waals surface area contributed by atoms with Crippen LogP contribution in [0.2, 0.25) is 18.1 Å². The zero-order valence-electron chi connectivity index (χ0n) is 23.1. The van der Waals surface area contributed by atoms with E-state index in [1.54, 1.807) is 12.1 Å². The standard InChI is InChI=1S/C28H42O7Si/c1-18-12-10-15-23(35-36(8,9)27(2,3)4)25-22(33-28(5,6)34-25)14-11-13-19-16-20(31-7)17-21(29)24(19)26(30)32-18/h10-11,13,15-18,22-23,25,29H,12,14H2,1-9H3/b13-11+,15-10+/t18-,22-,23-,25-/m0/s1. The second kappa shape index (κ2) is 10.7. The topological polar surface area (TPSA) is 83.5 Å². The van der Waals surface area contributed by atoms with Crippen molar-refractivity contribution in [2.24, 2.45) is 0 Å². The number of hydrogen-bond donors (Lipinski definition) is 1. The summed E-state index contributed by atoms with van der Waals surface area (Å²) < 4.78 is 30.5. The molecule has 0 aromatic heterocycles. The molecule has 7 nitrogen and oxygen atoms in total. The van der Waals surface area contributed by atoms with Crippen molar-refractivity contribution in [2.45, 2.75) is 103 Å². The van der Waals surface area contributed by atoms with Crippen LogP contribution >= 0.6 is 0 Å². The number of hydrogen-bond acceptors (Lipinski definition) is 7. The van der Waals surface area contributed by atoms with Gasteiger partial charge in [-0.2, -0.15) is 0 Å². The number of ether oxygens (including phenoxy) is 4. The summed E-state index contributed by atoms with van der Waals surface area (Å²) in [4.78, 5) is 13.0. The van der Waals surface area contributed by atoms with Gasteiger partial charge in [0.2, 0.25) is 0 Å². The molecule has 2 aliphatic rings. The highest BCUT2D eigenvalue weighted by Crippen LogP contribution is 2.41. The molecule has 0 radical (unpaired) electrons. The third-order valence-corrected chi connectivity index (χ3v) is 11.6. The minimum atomic E-state index is -2.13. The molecule has 36 heavy (non-hydrogen) atoms. The van der Waals surface area contributed by atoms with Crippen molar-refractivity contribution in [1.29, 1.82) is 0 Å². The molecule has 3 rings (SSSR count). The van der Waals surface area contributed by atoms with Crippen molar-refractivity contribution in [3.63, 3.8) is 0 Å². The molecule has 0 spiro atoms. The van der Waals surface area contributed by atoms with E-state index < -0.39 is 26.2 Å². The summed E-state index contributed by atoms with van der Waals surface area (Å²) in [5, 5.41) is 10.6. The third-order valence-electron chi connectivity index (χ3n) is 7.11. The number of esters is 1. The van der Waals surface area contributed by atoms with Gasteiger partial charge in [0.05, 0.1) is 19.3 Å². The molecule has 1 N–H and O–H groups in total. The fourth-order valence-electron chi connectivity index (χ4n) is 4.17. The van der Waals surface area contributed by atoms with Gasteiger partial charge in [-0.05, 0) is 57.0 Å². The van der Waals surface area contributed by atoms with Crippen LogP contribution in [-0.2, 0) is 18.6 Å². The Kier molecular flexibility index (Phi) is 8.45. The molecular weight excluding hydrogens is 476 g/mol. The van der Waals surface area contributed by atoms with Crippen molar-refractivity contribution in [1.82, 2.24) is 0 Å². The fraction of sp³-hybridized carbons (Fsp3) is 0.607. The summed E-state index contributed by atoms with van der Waals surface area (Å²) in [7, 11) is -0.618. The second-order valence-electron chi connectivity index (χ2n) is 11.6. The Morgan fingerprint density at radius 3 is 2.44 bits per heavy atom. The summed E-state index contributed by atoms with van der Waals surface area (Å²) in [6.07, 6.45) is 7.46. The van der Waals surface area contributed by atoms with Crippen LogP contribution in [0.3, 0.4) is 0 Å². The quantitative estimate of drug-likeness (QED) is 0.289. The first-order valence-corrected chi connectivity index (χ1v) is 15.5. The highest BCUT2D eigenvalue weighted by atomic mass is 28.4. The van der Waals surface area contributed by atoms with Gasteiger partial charge in [-0.25, -0.2) is 4.79 Å². The lowest BCUT2D eigenvalue weighted by Gasteiger charge is -2.40. The van der Waals surface area contributed by atoms with E-state index in [0.717, 1.165) is 0 Å². The molecule has 1 saturated heterocycles. The van der Waals surface area contributed by atoms with Gasteiger partial charge >= 0.3 is 5.97 Å². The smallest absolute Gasteiger partial charge is 0.342 e. The van der Waals surface area contributed by atoms with Crippen LogP contribution in [-0.4, -0.2) is 56.7 Å². The lowest BCUT2D eigenvalue weighted by Crippen LogP contribution is -2.48. The van der Waals surface area contributed by atoms with Crippen LogP contribution in [0, 0.1) is 0 Å². The number of benzene rings is 1. The first kappa shape index (κ1) is 28.4. The third kappa shape index (κ3) is 6.59. The Bertz CT molecular complexity index is 1010. The first-order valence-electron chi connectivity index (χ1n) is 12.6. The highest BCUT2D eigenvalue weighted by molar-refractivity contribution is 6.74. The Labute approximate surface area is 216 Å². The molecule has 4 atom stereocenters. The SMILES string of the molecule is COc1cc(O)c2c(c1)/C=C/C[C@@H]1OC(C)(C)O[C@@H]1[C@@H](O[Si](C)(C)C(C)(C)C)/C=C/C[C@H](C)OC2=O. The Hall–Kier alpha value is -2.13. The molecular formula is C28H42O7Si. The minimum Gasteiger partial charge on any atom is -0.507 e. The molecule has 2 aliphatic heterocycles. The van der Waals surface area contributed by atoms with Crippen LogP contribution in [0.25, 0.3) is 6.08 Å². The van der Waals surface area contributed by atoms with Crippen LogP contribution in [0.5, 0.6) is 11.5 Å². The summed E-state index contributed by atoms with van der Waals surface area (Å²) in [6.45, 7) is 16.7. The number of phenols is 1. The van der Waals surface area contributed by atoms with E-state index in [4.69, 9.17) is 23.4 Å². The van der Waals surface area contributed by atoms with Gasteiger partial charge in [-0.3, -0.25) is 0 Å². The predicted molar refractivity (Wildman–Crippen MR) is 143 cm³/mol. The molecule has 0 unspecified atom stereocenters. The van der Waals surface area contributed by atoms with Gasteiger partial charge in [0.25, 0.3) is 0 Å². The van der Waals surface area contributed by atoms with Crippen molar-refractivity contribution < 1.29 is 33.3 Å². The average Bonchev–Trinajstić information content (AvgIpc) is 3.05. The van der Waals surface area contributed by atoms with Crippen LogP contribution in [0.1, 0.15) is 70.3 Å². The van der Waals surface area contributed by atoms with Crippen LogP contribution in [0.4, 0.5) is 0 Å². The van der Waals surface area contributed by atoms with E-state index in [1.807, 2.05) is 39.0 Å².